The van der Waals surface area contributed by atoms with Crippen molar-refractivity contribution in [3.05, 3.63) is 76.6 Å². The van der Waals surface area contributed by atoms with Crippen molar-refractivity contribution in [2.24, 2.45) is 0 Å². The average molecular weight is 447 g/mol. The van der Waals surface area contributed by atoms with Gasteiger partial charge >= 0.3 is 0 Å². The molecule has 8 heteroatoms. The van der Waals surface area contributed by atoms with Crippen LogP contribution in [0.25, 0.3) is 0 Å². The fourth-order valence-corrected chi connectivity index (χ4v) is 3.61. The van der Waals surface area contributed by atoms with Gasteiger partial charge in [0.05, 0.1) is 12.5 Å². The quantitative estimate of drug-likeness (QED) is 0.652. The largest absolute Gasteiger partial charge is 0.359 e. The lowest BCUT2D eigenvalue weighted by Gasteiger charge is -2.15. The van der Waals surface area contributed by atoms with Gasteiger partial charge in [-0.05, 0) is 47.9 Å². The lowest BCUT2D eigenvalue weighted by atomic mass is 9.93. The van der Waals surface area contributed by atoms with E-state index < -0.39 is 0 Å². The fraction of sp³-hybridized carbons (Fsp3) is 0.280. The first-order valence-corrected chi connectivity index (χ1v) is 10.7. The van der Waals surface area contributed by atoms with Crippen molar-refractivity contribution in [2.75, 3.05) is 10.6 Å². The molecular formula is C25H26N4O4. The molecule has 8 nitrogen and oxygen atoms in total. The highest BCUT2D eigenvalue weighted by atomic mass is 16.5. The van der Waals surface area contributed by atoms with Crippen LogP contribution in [-0.4, -0.2) is 28.9 Å². The summed E-state index contributed by atoms with van der Waals surface area (Å²) in [5.74, 6) is 0.439. The number of amides is 3. The summed E-state index contributed by atoms with van der Waals surface area (Å²) >= 11 is 0. The first-order chi connectivity index (χ1) is 15.6. The van der Waals surface area contributed by atoms with E-state index in [9.17, 15) is 14.4 Å². The molecule has 2 aromatic rings. The molecule has 1 aliphatic heterocycles. The SMILES string of the molecule is Cc1cc(NC(=O)C2=CC3NC(=O)C=CC3=C2)ccc1CC(=O)Nc1cc(C(C)(C)C)on1. The molecule has 1 aromatic heterocycles. The van der Waals surface area contributed by atoms with E-state index in [0.29, 0.717) is 22.8 Å². The third-order valence-electron chi connectivity index (χ3n) is 5.48. The lowest BCUT2D eigenvalue weighted by Crippen LogP contribution is -2.35. The van der Waals surface area contributed by atoms with Crippen LogP contribution in [0, 0.1) is 6.92 Å². The number of hydrogen-bond acceptors (Lipinski definition) is 5. The Morgan fingerprint density at radius 1 is 1.15 bits per heavy atom. The molecule has 0 spiro atoms. The minimum absolute atomic E-state index is 0.169. The third kappa shape index (κ3) is 5.11. The second-order valence-electron chi connectivity index (χ2n) is 9.23. The number of anilines is 2. The minimum Gasteiger partial charge on any atom is -0.359 e. The Kier molecular flexibility index (Phi) is 5.76. The van der Waals surface area contributed by atoms with Crippen molar-refractivity contribution in [3.63, 3.8) is 0 Å². The van der Waals surface area contributed by atoms with E-state index in [1.165, 1.54) is 6.08 Å². The third-order valence-corrected chi connectivity index (χ3v) is 5.48. The smallest absolute Gasteiger partial charge is 0.255 e. The van der Waals surface area contributed by atoms with Crippen LogP contribution in [0.3, 0.4) is 0 Å². The van der Waals surface area contributed by atoms with Gasteiger partial charge in [-0.2, -0.15) is 0 Å². The minimum atomic E-state index is -0.268. The molecule has 0 saturated heterocycles. The summed E-state index contributed by atoms with van der Waals surface area (Å²) in [4.78, 5) is 36.6. The number of carbonyl (C=O) groups is 3. The van der Waals surface area contributed by atoms with E-state index in [1.54, 1.807) is 30.4 Å². The zero-order valence-corrected chi connectivity index (χ0v) is 19.0. The summed E-state index contributed by atoms with van der Waals surface area (Å²) < 4.78 is 5.30. The van der Waals surface area contributed by atoms with Gasteiger partial charge in [-0.1, -0.05) is 38.1 Å². The number of nitrogens with zero attached hydrogens (tertiary/aromatic N) is 1. The van der Waals surface area contributed by atoms with Gasteiger partial charge in [-0.25, -0.2) is 0 Å². The van der Waals surface area contributed by atoms with Gasteiger partial charge in [0.1, 0.15) is 5.76 Å². The summed E-state index contributed by atoms with van der Waals surface area (Å²) in [5.41, 5.74) is 3.51. The Morgan fingerprint density at radius 3 is 2.64 bits per heavy atom. The van der Waals surface area contributed by atoms with Gasteiger partial charge in [-0.15, -0.1) is 0 Å². The zero-order chi connectivity index (χ0) is 23.8. The number of aryl methyl sites for hydroxylation is 1. The molecule has 2 aliphatic rings. The van der Waals surface area contributed by atoms with Crippen molar-refractivity contribution < 1.29 is 18.9 Å². The van der Waals surface area contributed by atoms with Gasteiger partial charge in [-0.3, -0.25) is 14.4 Å². The van der Waals surface area contributed by atoms with E-state index >= 15 is 0 Å². The molecule has 170 valence electrons. The summed E-state index contributed by atoms with van der Waals surface area (Å²) in [6, 6.07) is 6.87. The maximum atomic E-state index is 12.6. The number of carbonyl (C=O) groups excluding carboxylic acids is 3. The molecule has 3 N–H and O–H groups in total. The van der Waals surface area contributed by atoms with E-state index in [1.807, 2.05) is 39.8 Å². The number of hydrogen-bond donors (Lipinski definition) is 3. The standard InChI is InChI=1S/C25H26N4O4/c1-14-9-18(26-24(32)17-10-16-6-8-22(30)27-19(16)11-17)7-5-15(14)12-23(31)28-21-13-20(33-29-21)25(2,3)4/h5-11,13,19H,12H2,1-4H3,(H,26,32)(H,27,30)(H,28,29,31). The lowest BCUT2D eigenvalue weighted by molar-refractivity contribution is -0.117. The second kappa shape index (κ2) is 8.54. The van der Waals surface area contributed by atoms with Gasteiger partial charge in [0.25, 0.3) is 5.91 Å². The van der Waals surface area contributed by atoms with Gasteiger partial charge < -0.3 is 20.5 Å². The second-order valence-corrected chi connectivity index (χ2v) is 9.23. The topological polar surface area (TPSA) is 113 Å². The number of benzene rings is 1. The molecule has 33 heavy (non-hydrogen) atoms. The predicted octanol–water partition coefficient (Wildman–Crippen LogP) is 3.32. The van der Waals surface area contributed by atoms with Crippen molar-refractivity contribution in [1.82, 2.24) is 10.5 Å². The number of rotatable bonds is 5. The molecule has 1 aliphatic carbocycles. The first kappa shape index (κ1) is 22.3. The van der Waals surface area contributed by atoms with Crippen molar-refractivity contribution in [2.45, 2.75) is 45.6 Å². The maximum Gasteiger partial charge on any atom is 0.255 e. The summed E-state index contributed by atoms with van der Waals surface area (Å²) in [6.45, 7) is 7.90. The number of aromatic nitrogens is 1. The van der Waals surface area contributed by atoms with Crippen molar-refractivity contribution >= 4 is 29.2 Å². The highest BCUT2D eigenvalue weighted by Crippen LogP contribution is 2.25. The Balaban J connectivity index is 1.37. The van der Waals surface area contributed by atoms with Gasteiger partial charge in [0.15, 0.2) is 5.82 Å². The molecule has 1 atom stereocenters. The van der Waals surface area contributed by atoms with Crippen molar-refractivity contribution in [1.29, 1.82) is 0 Å². The Labute approximate surface area is 191 Å². The summed E-state index contributed by atoms with van der Waals surface area (Å²) in [7, 11) is 0. The Morgan fingerprint density at radius 2 is 1.94 bits per heavy atom. The highest BCUT2D eigenvalue weighted by molar-refractivity contribution is 6.07. The van der Waals surface area contributed by atoms with Crippen LogP contribution in [0.1, 0.15) is 37.7 Å². The van der Waals surface area contributed by atoms with Gasteiger partial charge in [0, 0.05) is 28.8 Å². The highest BCUT2D eigenvalue weighted by Gasteiger charge is 2.25. The molecule has 0 fully saturated rings. The molecule has 3 amide bonds. The van der Waals surface area contributed by atoms with E-state index in [4.69, 9.17) is 4.52 Å². The van der Waals surface area contributed by atoms with Crippen LogP contribution in [0.4, 0.5) is 11.5 Å². The van der Waals surface area contributed by atoms with Crippen LogP contribution in [0.2, 0.25) is 0 Å². The number of nitrogens with one attached hydrogen (secondary N) is 3. The summed E-state index contributed by atoms with van der Waals surface area (Å²) in [6.07, 6.45) is 6.82. The first-order valence-electron chi connectivity index (χ1n) is 10.7. The monoisotopic (exact) mass is 446 g/mol. The van der Waals surface area contributed by atoms with Crippen LogP contribution in [0.5, 0.6) is 0 Å². The summed E-state index contributed by atoms with van der Waals surface area (Å²) in [5, 5.41) is 12.3. The predicted molar refractivity (Wildman–Crippen MR) is 125 cm³/mol. The molecule has 2 heterocycles. The fourth-order valence-electron chi connectivity index (χ4n) is 3.61. The molecule has 0 radical (unpaired) electrons. The van der Waals surface area contributed by atoms with Gasteiger partial charge in [0.2, 0.25) is 11.8 Å². The zero-order valence-electron chi connectivity index (χ0n) is 19.0. The maximum absolute atomic E-state index is 12.6. The molecule has 0 saturated carbocycles. The van der Waals surface area contributed by atoms with E-state index in [2.05, 4.69) is 21.1 Å². The molecule has 1 unspecified atom stereocenters. The molecular weight excluding hydrogens is 420 g/mol. The average Bonchev–Trinajstić information content (AvgIpc) is 3.36. The van der Waals surface area contributed by atoms with E-state index in [-0.39, 0.29) is 35.6 Å². The van der Waals surface area contributed by atoms with Crippen LogP contribution in [0.15, 0.2) is 64.2 Å². The Hall–Kier alpha value is -3.94. The van der Waals surface area contributed by atoms with E-state index in [0.717, 1.165) is 16.7 Å². The van der Waals surface area contributed by atoms with Crippen LogP contribution < -0.4 is 16.0 Å². The molecule has 4 rings (SSSR count). The van der Waals surface area contributed by atoms with Crippen LogP contribution in [-0.2, 0) is 26.2 Å². The normalized spacial score (nSPS) is 17.1. The van der Waals surface area contributed by atoms with Crippen molar-refractivity contribution in [3.8, 4) is 0 Å². The Bertz CT molecular complexity index is 1230. The molecule has 1 aromatic carbocycles. The van der Waals surface area contributed by atoms with Crippen LogP contribution >= 0.6 is 0 Å². The molecule has 0 bridgehead atoms. The number of fused-ring (bicyclic) bond motifs is 1.